The summed E-state index contributed by atoms with van der Waals surface area (Å²) in [5, 5.41) is 3.03. The highest BCUT2D eigenvalue weighted by atomic mass is 16.1. The van der Waals surface area contributed by atoms with Crippen molar-refractivity contribution in [2.24, 2.45) is 5.92 Å². The maximum absolute atomic E-state index is 11.5. The lowest BCUT2D eigenvalue weighted by atomic mass is 9.86. The summed E-state index contributed by atoms with van der Waals surface area (Å²) in [6.07, 6.45) is 9.69. The number of hydrogen-bond donors (Lipinski definition) is 1. The van der Waals surface area contributed by atoms with Gasteiger partial charge in [-0.3, -0.25) is 4.79 Å². The van der Waals surface area contributed by atoms with E-state index in [0.717, 1.165) is 25.2 Å². The first-order valence-corrected chi connectivity index (χ1v) is 6.51. The maximum atomic E-state index is 11.5. The van der Waals surface area contributed by atoms with Crippen LogP contribution in [0.4, 0.5) is 0 Å². The van der Waals surface area contributed by atoms with Gasteiger partial charge in [0.15, 0.2) is 0 Å². The lowest BCUT2D eigenvalue weighted by Crippen LogP contribution is -2.32. The highest BCUT2D eigenvalue weighted by Crippen LogP contribution is 2.27. The molecule has 1 aliphatic rings. The van der Waals surface area contributed by atoms with Gasteiger partial charge < -0.3 is 5.32 Å². The zero-order valence-corrected chi connectivity index (χ0v) is 10.2. The molecule has 0 aromatic carbocycles. The normalized spacial score (nSPS) is 19.9. The topological polar surface area (TPSA) is 29.1 Å². The lowest BCUT2D eigenvalue weighted by Gasteiger charge is -2.21. The molecule has 0 spiro atoms. The van der Waals surface area contributed by atoms with Crippen LogP contribution in [-0.4, -0.2) is 11.9 Å². The second kappa shape index (κ2) is 6.86. The van der Waals surface area contributed by atoms with Gasteiger partial charge in [-0.05, 0) is 25.7 Å². The van der Waals surface area contributed by atoms with Crippen LogP contribution in [0.5, 0.6) is 0 Å². The molecular weight excluding hydrogens is 186 g/mol. The molecule has 1 unspecified atom stereocenters. The number of carbonyl (C=O) groups excluding carboxylic acids is 1. The van der Waals surface area contributed by atoms with Crippen LogP contribution in [-0.2, 0) is 4.79 Å². The number of carbonyl (C=O) groups is 1. The van der Waals surface area contributed by atoms with Gasteiger partial charge in [-0.15, -0.1) is 0 Å². The van der Waals surface area contributed by atoms with Gasteiger partial charge in [0.2, 0.25) is 5.91 Å². The number of rotatable bonds is 5. The second-order valence-electron chi connectivity index (χ2n) is 4.92. The van der Waals surface area contributed by atoms with Crippen LogP contribution in [0.25, 0.3) is 0 Å². The smallest absolute Gasteiger partial charge is 0.220 e. The van der Waals surface area contributed by atoms with E-state index in [0.29, 0.717) is 6.04 Å². The molecule has 0 aromatic rings. The molecule has 1 saturated carbocycles. The third-order valence-corrected chi connectivity index (χ3v) is 3.52. The van der Waals surface area contributed by atoms with Crippen molar-refractivity contribution in [2.45, 2.75) is 71.3 Å². The van der Waals surface area contributed by atoms with Gasteiger partial charge in [0.05, 0.1) is 0 Å². The van der Waals surface area contributed by atoms with Crippen molar-refractivity contribution in [3.63, 3.8) is 0 Å². The standard InChI is InChI=1S/C13H25NO/c1-3-11(2)14-13(15)10-9-12-7-5-4-6-8-12/h11-12H,3-10H2,1-2H3,(H,14,15). The van der Waals surface area contributed by atoms with E-state index >= 15 is 0 Å². The molecule has 15 heavy (non-hydrogen) atoms. The Bertz CT molecular complexity index is 185. The first kappa shape index (κ1) is 12.5. The summed E-state index contributed by atoms with van der Waals surface area (Å²) in [4.78, 5) is 11.5. The summed E-state index contributed by atoms with van der Waals surface area (Å²) in [6, 6.07) is 0.337. The monoisotopic (exact) mass is 211 g/mol. The van der Waals surface area contributed by atoms with Gasteiger partial charge in [-0.2, -0.15) is 0 Å². The van der Waals surface area contributed by atoms with Crippen LogP contribution in [0.3, 0.4) is 0 Å². The van der Waals surface area contributed by atoms with E-state index < -0.39 is 0 Å². The number of nitrogens with one attached hydrogen (secondary N) is 1. The van der Waals surface area contributed by atoms with Crippen molar-refractivity contribution < 1.29 is 4.79 Å². The Morgan fingerprint density at radius 1 is 1.33 bits per heavy atom. The third kappa shape index (κ3) is 5.19. The van der Waals surface area contributed by atoms with Gasteiger partial charge in [-0.25, -0.2) is 0 Å². The quantitative estimate of drug-likeness (QED) is 0.743. The zero-order valence-electron chi connectivity index (χ0n) is 10.2. The molecule has 0 aromatic heterocycles. The minimum atomic E-state index is 0.245. The van der Waals surface area contributed by atoms with E-state index in [1.165, 1.54) is 32.1 Å². The SMILES string of the molecule is CCC(C)NC(=O)CCC1CCCCC1. The van der Waals surface area contributed by atoms with E-state index in [4.69, 9.17) is 0 Å². The molecule has 0 heterocycles. The molecule has 2 heteroatoms. The number of amides is 1. The first-order valence-electron chi connectivity index (χ1n) is 6.51. The van der Waals surface area contributed by atoms with E-state index in [2.05, 4.69) is 19.2 Å². The minimum Gasteiger partial charge on any atom is -0.354 e. The second-order valence-corrected chi connectivity index (χ2v) is 4.92. The predicted molar refractivity (Wildman–Crippen MR) is 63.7 cm³/mol. The highest BCUT2D eigenvalue weighted by Gasteiger charge is 2.15. The molecule has 1 N–H and O–H groups in total. The van der Waals surface area contributed by atoms with Crippen molar-refractivity contribution in [3.05, 3.63) is 0 Å². The highest BCUT2D eigenvalue weighted by molar-refractivity contribution is 5.76. The Kier molecular flexibility index (Phi) is 5.74. The molecule has 88 valence electrons. The number of hydrogen-bond acceptors (Lipinski definition) is 1. The average molecular weight is 211 g/mol. The lowest BCUT2D eigenvalue weighted by molar-refractivity contribution is -0.122. The first-order chi connectivity index (χ1) is 7.22. The van der Waals surface area contributed by atoms with Gasteiger partial charge in [-0.1, -0.05) is 39.0 Å². The third-order valence-electron chi connectivity index (χ3n) is 3.52. The van der Waals surface area contributed by atoms with E-state index in [1.807, 2.05) is 0 Å². The average Bonchev–Trinajstić information content (AvgIpc) is 2.27. The van der Waals surface area contributed by atoms with Gasteiger partial charge in [0.25, 0.3) is 0 Å². The summed E-state index contributed by atoms with van der Waals surface area (Å²) in [7, 11) is 0. The Hall–Kier alpha value is -0.530. The fourth-order valence-electron chi connectivity index (χ4n) is 2.26. The predicted octanol–water partition coefficient (Wildman–Crippen LogP) is 3.26. The summed E-state index contributed by atoms with van der Waals surface area (Å²) < 4.78 is 0. The van der Waals surface area contributed by atoms with Crippen LogP contribution in [0.1, 0.15) is 65.2 Å². The van der Waals surface area contributed by atoms with Crippen molar-refractivity contribution in [1.29, 1.82) is 0 Å². The fraction of sp³-hybridized carbons (Fsp3) is 0.923. The van der Waals surface area contributed by atoms with Crippen LogP contribution in [0.15, 0.2) is 0 Å². The summed E-state index contributed by atoms with van der Waals surface area (Å²) >= 11 is 0. The van der Waals surface area contributed by atoms with Crippen molar-refractivity contribution in [3.8, 4) is 0 Å². The Labute approximate surface area is 93.8 Å². The molecule has 0 aliphatic heterocycles. The van der Waals surface area contributed by atoms with Crippen LogP contribution < -0.4 is 5.32 Å². The van der Waals surface area contributed by atoms with Gasteiger partial charge in [0, 0.05) is 12.5 Å². The van der Waals surface area contributed by atoms with Gasteiger partial charge >= 0.3 is 0 Å². The minimum absolute atomic E-state index is 0.245. The summed E-state index contributed by atoms with van der Waals surface area (Å²) in [5.41, 5.74) is 0. The van der Waals surface area contributed by atoms with Crippen LogP contribution in [0, 0.1) is 5.92 Å². The molecule has 2 nitrogen and oxygen atoms in total. The van der Waals surface area contributed by atoms with E-state index in [9.17, 15) is 4.79 Å². The van der Waals surface area contributed by atoms with Crippen LogP contribution >= 0.6 is 0 Å². The van der Waals surface area contributed by atoms with E-state index in [-0.39, 0.29) is 5.91 Å². The molecule has 0 bridgehead atoms. The summed E-state index contributed by atoms with van der Waals surface area (Å²) in [6.45, 7) is 4.17. The van der Waals surface area contributed by atoms with Gasteiger partial charge in [0.1, 0.15) is 0 Å². The molecular formula is C13H25NO. The molecule has 1 rings (SSSR count). The summed E-state index contributed by atoms with van der Waals surface area (Å²) in [5.74, 6) is 1.07. The molecule has 1 aliphatic carbocycles. The molecule has 0 saturated heterocycles. The van der Waals surface area contributed by atoms with E-state index in [1.54, 1.807) is 0 Å². The Morgan fingerprint density at radius 2 is 2.00 bits per heavy atom. The van der Waals surface area contributed by atoms with Crippen LogP contribution in [0.2, 0.25) is 0 Å². The maximum Gasteiger partial charge on any atom is 0.220 e. The largest absolute Gasteiger partial charge is 0.354 e. The van der Waals surface area contributed by atoms with Crippen molar-refractivity contribution >= 4 is 5.91 Å². The molecule has 1 atom stereocenters. The van der Waals surface area contributed by atoms with Crippen molar-refractivity contribution in [1.82, 2.24) is 5.32 Å². The van der Waals surface area contributed by atoms with Crippen molar-refractivity contribution in [2.75, 3.05) is 0 Å². The molecule has 0 radical (unpaired) electrons. The zero-order chi connectivity index (χ0) is 11.1. The Balaban J connectivity index is 2.10. The fourth-order valence-corrected chi connectivity index (χ4v) is 2.26. The molecule has 1 amide bonds. The molecule has 1 fully saturated rings. The Morgan fingerprint density at radius 3 is 2.60 bits per heavy atom.